The highest BCUT2D eigenvalue weighted by molar-refractivity contribution is 7.99. The number of hydrogen-bond acceptors (Lipinski definition) is 7. The largest absolute Gasteiger partial charge is 0.373 e. The van der Waals surface area contributed by atoms with Crippen LogP contribution in [0.2, 0.25) is 0 Å². The van der Waals surface area contributed by atoms with Crippen LogP contribution in [0.25, 0.3) is 27.3 Å². The summed E-state index contributed by atoms with van der Waals surface area (Å²) in [4.78, 5) is 16.4. The first-order chi connectivity index (χ1) is 16.1. The third-order valence-electron chi connectivity index (χ3n) is 5.64. The van der Waals surface area contributed by atoms with Gasteiger partial charge in [0.15, 0.2) is 0 Å². The Balaban J connectivity index is 0.000000157. The zero-order valence-corrected chi connectivity index (χ0v) is 20.7. The molecule has 3 aromatic heterocycles. The molecule has 0 spiro atoms. The van der Waals surface area contributed by atoms with Crippen molar-refractivity contribution in [3.8, 4) is 10.4 Å². The lowest BCUT2D eigenvalue weighted by molar-refractivity contribution is 0.282. The van der Waals surface area contributed by atoms with Crippen LogP contribution in [-0.4, -0.2) is 52.3 Å². The van der Waals surface area contributed by atoms with E-state index < -0.39 is 0 Å². The van der Waals surface area contributed by atoms with Gasteiger partial charge in [-0.15, -0.1) is 23.1 Å². The van der Waals surface area contributed by atoms with Crippen molar-refractivity contribution in [2.75, 3.05) is 32.5 Å². The number of fused-ring (bicyclic) bond motifs is 1. The molecule has 0 radical (unpaired) electrons. The van der Waals surface area contributed by atoms with Crippen LogP contribution in [0, 0.1) is 0 Å². The summed E-state index contributed by atoms with van der Waals surface area (Å²) in [7, 11) is 4.07. The van der Waals surface area contributed by atoms with Crippen molar-refractivity contribution >= 4 is 45.8 Å². The quantitative estimate of drug-likeness (QED) is 0.365. The lowest BCUT2D eigenvalue weighted by Crippen LogP contribution is -2.31. The van der Waals surface area contributed by atoms with E-state index in [0.29, 0.717) is 0 Å². The fraction of sp³-hybridized carbons (Fsp3) is 0.269. The fourth-order valence-corrected chi connectivity index (χ4v) is 5.41. The number of benzene rings is 1. The molecule has 0 amide bonds. The molecule has 1 fully saturated rings. The molecule has 1 saturated heterocycles. The normalized spacial score (nSPS) is 14.5. The second-order valence-corrected chi connectivity index (χ2v) is 10.2. The van der Waals surface area contributed by atoms with Gasteiger partial charge in [0, 0.05) is 36.3 Å². The van der Waals surface area contributed by atoms with Crippen molar-refractivity contribution in [2.24, 2.45) is 0 Å². The third kappa shape index (κ3) is 6.41. The monoisotopic (exact) mass is 475 g/mol. The van der Waals surface area contributed by atoms with Gasteiger partial charge in [0.25, 0.3) is 0 Å². The summed E-state index contributed by atoms with van der Waals surface area (Å²) in [5.41, 5.74) is 4.21. The maximum absolute atomic E-state index is 4.40. The molecule has 1 N–H and O–H groups in total. The van der Waals surface area contributed by atoms with E-state index in [1.807, 2.05) is 55.1 Å². The van der Waals surface area contributed by atoms with Crippen molar-refractivity contribution in [1.29, 1.82) is 0 Å². The number of thioether (sulfide) groups is 1. The number of pyridine rings is 2. The van der Waals surface area contributed by atoms with Gasteiger partial charge in [0.2, 0.25) is 0 Å². The second kappa shape index (κ2) is 11.4. The van der Waals surface area contributed by atoms with Crippen LogP contribution in [0.4, 0.5) is 5.82 Å². The van der Waals surface area contributed by atoms with Gasteiger partial charge >= 0.3 is 0 Å². The van der Waals surface area contributed by atoms with Crippen LogP contribution < -0.4 is 5.32 Å². The number of anilines is 1. The van der Waals surface area contributed by atoms with Crippen molar-refractivity contribution in [1.82, 2.24) is 19.9 Å². The van der Waals surface area contributed by atoms with Crippen molar-refractivity contribution in [2.45, 2.75) is 23.1 Å². The van der Waals surface area contributed by atoms with Crippen LogP contribution >= 0.6 is 23.1 Å². The van der Waals surface area contributed by atoms with Crippen molar-refractivity contribution < 1.29 is 0 Å². The number of likely N-dealkylation sites (tertiary alicyclic amines) is 1. The number of aromatic nitrogens is 3. The molecule has 5 nitrogen and oxygen atoms in total. The standard InChI is InChI=1S/C13H11N3S.C13H18N2S/c1-14-13-5-11-4-9(12-7-15-8-17-12)2-3-10(11)6-16-13;1-3-11-4-7-14-13(10-11)16-12-5-8-15(2)9-6-12/h2-8H,1H3,(H,14,16);3-4,7,10,12H,1,5-6,8-9H2,2H3. The minimum Gasteiger partial charge on any atom is -0.373 e. The SMILES string of the molecule is C=Cc1ccnc(SC2CCN(C)CC2)c1.CNc1cc2cc(-c3cncs3)ccc2cn1. The molecule has 33 heavy (non-hydrogen) atoms. The van der Waals surface area contributed by atoms with Crippen LogP contribution in [0.1, 0.15) is 18.4 Å². The molecule has 170 valence electrons. The Morgan fingerprint density at radius 1 is 1.09 bits per heavy atom. The highest BCUT2D eigenvalue weighted by atomic mass is 32.2. The van der Waals surface area contributed by atoms with E-state index in [1.54, 1.807) is 11.3 Å². The van der Waals surface area contributed by atoms with Crippen LogP contribution in [0.3, 0.4) is 0 Å². The lowest BCUT2D eigenvalue weighted by Gasteiger charge is -2.28. The average Bonchev–Trinajstić information content (AvgIpc) is 3.40. The third-order valence-corrected chi connectivity index (χ3v) is 7.73. The summed E-state index contributed by atoms with van der Waals surface area (Å²) in [5, 5.41) is 7.25. The molecular formula is C26H29N5S2. The molecule has 1 aliphatic heterocycles. The zero-order chi connectivity index (χ0) is 23.0. The van der Waals surface area contributed by atoms with E-state index in [9.17, 15) is 0 Å². The van der Waals surface area contributed by atoms with Gasteiger partial charge in [-0.3, -0.25) is 4.98 Å². The van der Waals surface area contributed by atoms with E-state index in [2.05, 4.69) is 69.1 Å². The molecule has 5 rings (SSSR count). The van der Waals surface area contributed by atoms with E-state index in [-0.39, 0.29) is 0 Å². The molecule has 1 aliphatic rings. The number of piperidine rings is 1. The van der Waals surface area contributed by atoms with Crippen LogP contribution in [0.15, 0.2) is 72.1 Å². The van der Waals surface area contributed by atoms with Gasteiger partial charge < -0.3 is 10.2 Å². The molecule has 7 heteroatoms. The number of nitrogens with one attached hydrogen (secondary N) is 1. The first-order valence-corrected chi connectivity index (χ1v) is 12.8. The molecule has 0 saturated carbocycles. The summed E-state index contributed by atoms with van der Waals surface area (Å²) >= 11 is 3.56. The Morgan fingerprint density at radius 3 is 2.67 bits per heavy atom. The highest BCUT2D eigenvalue weighted by Gasteiger charge is 2.18. The lowest BCUT2D eigenvalue weighted by atomic mass is 10.1. The molecular weight excluding hydrogens is 446 g/mol. The van der Waals surface area contributed by atoms with Crippen LogP contribution in [-0.2, 0) is 0 Å². The zero-order valence-electron chi connectivity index (χ0n) is 19.1. The summed E-state index contributed by atoms with van der Waals surface area (Å²) in [6, 6.07) is 12.5. The Bertz CT molecular complexity index is 1180. The number of nitrogens with zero attached hydrogens (tertiary/aromatic N) is 4. The molecule has 0 bridgehead atoms. The van der Waals surface area contributed by atoms with Crippen LogP contribution in [0.5, 0.6) is 0 Å². The predicted molar refractivity (Wildman–Crippen MR) is 143 cm³/mol. The van der Waals surface area contributed by atoms with E-state index in [1.165, 1.54) is 41.8 Å². The number of hydrogen-bond donors (Lipinski definition) is 1. The predicted octanol–water partition coefficient (Wildman–Crippen LogP) is 6.31. The smallest absolute Gasteiger partial charge is 0.126 e. The minimum absolute atomic E-state index is 0.726. The highest BCUT2D eigenvalue weighted by Crippen LogP contribution is 2.29. The summed E-state index contributed by atoms with van der Waals surface area (Å²) in [5.74, 6) is 0.888. The summed E-state index contributed by atoms with van der Waals surface area (Å²) < 4.78 is 0. The average molecular weight is 476 g/mol. The maximum Gasteiger partial charge on any atom is 0.126 e. The van der Waals surface area contributed by atoms with Gasteiger partial charge in [0.05, 0.1) is 15.4 Å². The fourth-order valence-electron chi connectivity index (χ4n) is 3.68. The Morgan fingerprint density at radius 2 is 1.94 bits per heavy atom. The Kier molecular flexibility index (Phi) is 8.10. The molecule has 4 heterocycles. The molecule has 0 atom stereocenters. The van der Waals surface area contributed by atoms with Crippen molar-refractivity contribution in [3.05, 3.63) is 72.6 Å². The van der Waals surface area contributed by atoms with Crippen molar-refractivity contribution in [3.63, 3.8) is 0 Å². The van der Waals surface area contributed by atoms with Gasteiger partial charge in [-0.25, -0.2) is 9.97 Å². The van der Waals surface area contributed by atoms with E-state index in [0.717, 1.165) is 27.0 Å². The topological polar surface area (TPSA) is 53.9 Å². The molecule has 1 aromatic carbocycles. The number of rotatable bonds is 5. The van der Waals surface area contributed by atoms with Gasteiger partial charge in [-0.05, 0) is 73.8 Å². The first-order valence-electron chi connectivity index (χ1n) is 11.0. The van der Waals surface area contributed by atoms with E-state index in [4.69, 9.17) is 0 Å². The van der Waals surface area contributed by atoms with Gasteiger partial charge in [-0.2, -0.15) is 0 Å². The minimum atomic E-state index is 0.726. The Labute approximate surface area is 204 Å². The maximum atomic E-state index is 4.40. The van der Waals surface area contributed by atoms with E-state index >= 15 is 0 Å². The second-order valence-electron chi connectivity index (χ2n) is 8.00. The van der Waals surface area contributed by atoms with Gasteiger partial charge in [0.1, 0.15) is 5.82 Å². The molecule has 0 unspecified atom stereocenters. The molecule has 0 aliphatic carbocycles. The summed E-state index contributed by atoms with van der Waals surface area (Å²) in [6.45, 7) is 6.20. The summed E-state index contributed by atoms with van der Waals surface area (Å²) in [6.07, 6.45) is 10.1. The number of thiazole rings is 1. The first kappa shape index (κ1) is 23.4. The molecule has 4 aromatic rings. The van der Waals surface area contributed by atoms with Gasteiger partial charge in [-0.1, -0.05) is 24.8 Å². The Hall–Kier alpha value is -2.74.